The van der Waals surface area contributed by atoms with Crippen molar-refractivity contribution in [2.75, 3.05) is 4.90 Å². The van der Waals surface area contributed by atoms with E-state index in [4.69, 9.17) is 4.98 Å². The van der Waals surface area contributed by atoms with E-state index in [0.717, 1.165) is 50.6 Å². The van der Waals surface area contributed by atoms with E-state index in [2.05, 4.69) is 245 Å². The van der Waals surface area contributed by atoms with Crippen LogP contribution in [0.3, 0.4) is 0 Å². The van der Waals surface area contributed by atoms with Crippen LogP contribution >= 0.6 is 11.3 Å². The molecule has 0 bridgehead atoms. The maximum Gasteiger partial charge on any atom is 0.0788 e. The van der Waals surface area contributed by atoms with Crippen LogP contribution in [0.4, 0.5) is 17.1 Å². The first-order valence-electron chi connectivity index (χ1n) is 22.5. The molecule has 10 aromatic carbocycles. The van der Waals surface area contributed by atoms with Gasteiger partial charge < -0.3 is 14.0 Å². The highest BCUT2D eigenvalue weighted by atomic mass is 32.1. The van der Waals surface area contributed by atoms with Gasteiger partial charge in [0.25, 0.3) is 0 Å². The Morgan fingerprint density at radius 3 is 1.45 bits per heavy atom. The van der Waals surface area contributed by atoms with E-state index in [1.165, 1.54) is 74.6 Å². The number of benzene rings is 10. The smallest absolute Gasteiger partial charge is 0.0788 e. The SMILES string of the molecule is c1ccc(-n2c3ccccc3c3cc(N(c4ccc(-c5nc6ccccc6c6c5ccc5c7ccccc7sc56)cc4)c4ccc5c(c4)c4ccccc4n5-c4ccccc4)ccc32)cc1. The summed E-state index contributed by atoms with van der Waals surface area (Å²) < 4.78 is 7.37. The lowest BCUT2D eigenvalue weighted by atomic mass is 9.98. The molecule has 5 heteroatoms. The van der Waals surface area contributed by atoms with E-state index < -0.39 is 0 Å². The van der Waals surface area contributed by atoms with Crippen LogP contribution in [0.5, 0.6) is 0 Å². The minimum atomic E-state index is 0.992. The van der Waals surface area contributed by atoms with Crippen LogP contribution in [-0.4, -0.2) is 14.1 Å². The molecule has 0 radical (unpaired) electrons. The second-order valence-corrected chi connectivity index (χ2v) is 18.2. The van der Waals surface area contributed by atoms with Crippen molar-refractivity contribution in [3.05, 3.63) is 231 Å². The number of rotatable bonds is 6. The van der Waals surface area contributed by atoms with Gasteiger partial charge in [-0.2, -0.15) is 0 Å². The predicted octanol–water partition coefficient (Wildman–Crippen LogP) is 17.1. The first-order valence-corrected chi connectivity index (χ1v) is 23.3. The maximum absolute atomic E-state index is 5.39. The summed E-state index contributed by atoms with van der Waals surface area (Å²) in [5.41, 5.74) is 13.3. The van der Waals surface area contributed by atoms with E-state index in [9.17, 15) is 0 Å². The Morgan fingerprint density at radius 1 is 0.348 bits per heavy atom. The second kappa shape index (κ2) is 14.5. The third-order valence-electron chi connectivity index (χ3n) is 13.5. The molecule has 0 aliphatic heterocycles. The Labute approximate surface area is 384 Å². The van der Waals surface area contributed by atoms with Crippen LogP contribution in [0.25, 0.3) is 108 Å². The van der Waals surface area contributed by atoms with Gasteiger partial charge in [-0.3, -0.25) is 0 Å². The van der Waals surface area contributed by atoms with E-state index in [-0.39, 0.29) is 0 Å². The van der Waals surface area contributed by atoms with Crippen LogP contribution in [-0.2, 0) is 0 Å². The quantitative estimate of drug-likeness (QED) is 0.156. The number of fused-ring (bicyclic) bond motifs is 13. The summed E-state index contributed by atoms with van der Waals surface area (Å²) in [6, 6.07) is 83.7. The molecular formula is C61H38N4S. The number of hydrogen-bond acceptors (Lipinski definition) is 3. The summed E-state index contributed by atoms with van der Waals surface area (Å²) in [5, 5.41) is 11.1. The fraction of sp³-hybridized carbons (Fsp3) is 0. The largest absolute Gasteiger partial charge is 0.310 e. The molecule has 0 atom stereocenters. The summed E-state index contributed by atoms with van der Waals surface area (Å²) in [6.45, 7) is 0. The molecule has 0 unspecified atom stereocenters. The molecule has 0 aliphatic carbocycles. The standard InChI is InChI=1S/C61H38N4S/c1-3-15-40(16-4-1)64-54-24-12-8-19-45(54)51-37-43(31-35-56(51)64)63(44-32-36-57-52(38-44)46-20-9-13-25-55(46)65(57)41-17-5-2-6-18-41)42-29-27-39(28-30-42)60-50-34-33-48-47-21-10-14-26-58(47)66-61(48)59(50)49-22-7-11-23-53(49)62-60/h1-38H. The van der Waals surface area contributed by atoms with E-state index in [0.29, 0.717) is 0 Å². The number of anilines is 3. The molecule has 308 valence electrons. The van der Waals surface area contributed by atoms with E-state index in [1.54, 1.807) is 0 Å². The first kappa shape index (κ1) is 36.9. The molecule has 4 nitrogen and oxygen atoms in total. The van der Waals surface area contributed by atoms with Gasteiger partial charge in [0.2, 0.25) is 0 Å². The monoisotopic (exact) mass is 858 g/mol. The Balaban J connectivity index is 0.982. The number of pyridine rings is 1. The van der Waals surface area contributed by atoms with Crippen LogP contribution in [0.15, 0.2) is 231 Å². The van der Waals surface area contributed by atoms with Gasteiger partial charge in [0.1, 0.15) is 0 Å². The molecule has 0 saturated heterocycles. The summed E-state index contributed by atoms with van der Waals surface area (Å²) in [5.74, 6) is 0. The third kappa shape index (κ3) is 5.54. The van der Waals surface area contributed by atoms with Crippen molar-refractivity contribution >= 4 is 114 Å². The molecule has 0 N–H and O–H groups in total. The molecule has 0 aliphatic rings. The zero-order valence-electron chi connectivity index (χ0n) is 35.6. The van der Waals surface area contributed by atoms with Crippen molar-refractivity contribution in [3.8, 4) is 22.6 Å². The van der Waals surface area contributed by atoms with Gasteiger partial charge in [-0.15, -0.1) is 11.3 Å². The zero-order valence-corrected chi connectivity index (χ0v) is 36.5. The van der Waals surface area contributed by atoms with E-state index in [1.807, 2.05) is 11.3 Å². The number of hydrogen-bond donors (Lipinski definition) is 0. The molecular weight excluding hydrogens is 821 g/mol. The minimum Gasteiger partial charge on any atom is -0.310 e. The van der Waals surface area contributed by atoms with Gasteiger partial charge in [0, 0.05) is 91.9 Å². The highest BCUT2D eigenvalue weighted by Gasteiger charge is 2.21. The number of aromatic nitrogens is 3. The lowest BCUT2D eigenvalue weighted by Crippen LogP contribution is -2.10. The lowest BCUT2D eigenvalue weighted by molar-refractivity contribution is 1.18. The molecule has 4 heterocycles. The molecule has 0 fully saturated rings. The van der Waals surface area contributed by atoms with Gasteiger partial charge in [0.05, 0.1) is 33.3 Å². The summed E-state index contributed by atoms with van der Waals surface area (Å²) in [6.07, 6.45) is 0. The molecule has 4 aromatic heterocycles. The molecule has 0 saturated carbocycles. The normalized spacial score (nSPS) is 11.9. The van der Waals surface area contributed by atoms with Crippen molar-refractivity contribution in [2.24, 2.45) is 0 Å². The van der Waals surface area contributed by atoms with Gasteiger partial charge >= 0.3 is 0 Å². The fourth-order valence-electron chi connectivity index (χ4n) is 10.6. The Hall–Kier alpha value is -8.51. The Morgan fingerprint density at radius 2 is 0.833 bits per heavy atom. The minimum absolute atomic E-state index is 0.992. The lowest BCUT2D eigenvalue weighted by Gasteiger charge is -2.26. The average molecular weight is 859 g/mol. The van der Waals surface area contributed by atoms with Crippen LogP contribution in [0, 0.1) is 0 Å². The zero-order chi connectivity index (χ0) is 43.3. The molecule has 14 rings (SSSR count). The summed E-state index contributed by atoms with van der Waals surface area (Å²) >= 11 is 1.88. The van der Waals surface area contributed by atoms with E-state index >= 15 is 0 Å². The van der Waals surface area contributed by atoms with Gasteiger partial charge in [-0.1, -0.05) is 133 Å². The van der Waals surface area contributed by atoms with Gasteiger partial charge in [-0.05, 0) is 97.1 Å². The highest BCUT2D eigenvalue weighted by Crippen LogP contribution is 2.46. The second-order valence-electron chi connectivity index (χ2n) is 17.1. The summed E-state index contributed by atoms with van der Waals surface area (Å²) in [4.78, 5) is 7.81. The molecule has 66 heavy (non-hydrogen) atoms. The van der Waals surface area contributed by atoms with Crippen molar-refractivity contribution in [1.29, 1.82) is 0 Å². The number of thiophene rings is 1. The average Bonchev–Trinajstić information content (AvgIpc) is 4.04. The van der Waals surface area contributed by atoms with Crippen LogP contribution in [0.2, 0.25) is 0 Å². The van der Waals surface area contributed by atoms with Gasteiger partial charge in [-0.25, -0.2) is 4.98 Å². The molecule has 0 spiro atoms. The van der Waals surface area contributed by atoms with Crippen molar-refractivity contribution in [3.63, 3.8) is 0 Å². The number of para-hydroxylation sites is 5. The molecule has 14 aromatic rings. The van der Waals surface area contributed by atoms with Crippen molar-refractivity contribution < 1.29 is 0 Å². The number of nitrogens with zero attached hydrogens (tertiary/aromatic N) is 4. The maximum atomic E-state index is 5.39. The van der Waals surface area contributed by atoms with Crippen LogP contribution < -0.4 is 4.90 Å². The third-order valence-corrected chi connectivity index (χ3v) is 14.7. The highest BCUT2D eigenvalue weighted by molar-refractivity contribution is 7.26. The topological polar surface area (TPSA) is 26.0 Å². The predicted molar refractivity (Wildman–Crippen MR) is 281 cm³/mol. The van der Waals surface area contributed by atoms with Gasteiger partial charge in [0.15, 0.2) is 0 Å². The Kier molecular flexibility index (Phi) is 8.12. The summed E-state index contributed by atoms with van der Waals surface area (Å²) in [7, 11) is 0. The first-order chi connectivity index (χ1) is 32.7. The van der Waals surface area contributed by atoms with Crippen LogP contribution in [0.1, 0.15) is 0 Å². The molecule has 0 amide bonds. The Bertz CT molecular complexity index is 4060. The van der Waals surface area contributed by atoms with Crippen molar-refractivity contribution in [1.82, 2.24) is 14.1 Å². The fourth-order valence-corrected chi connectivity index (χ4v) is 11.8. The van der Waals surface area contributed by atoms with Crippen molar-refractivity contribution in [2.45, 2.75) is 0 Å².